The van der Waals surface area contributed by atoms with Gasteiger partial charge in [0.1, 0.15) is 5.60 Å². The highest BCUT2D eigenvalue weighted by Crippen LogP contribution is 2.36. The second kappa shape index (κ2) is 2.04. The van der Waals surface area contributed by atoms with Crippen LogP contribution in [0.15, 0.2) is 0 Å². The Morgan fingerprint density at radius 1 is 1.80 bits per heavy atom. The fourth-order valence-electron chi connectivity index (χ4n) is 1.06. The Balaban J connectivity index is 2.59. The number of ketones is 1. The van der Waals surface area contributed by atoms with Crippen molar-refractivity contribution in [2.45, 2.75) is 31.9 Å². The predicted octanol–water partition coefficient (Wildman–Crippen LogP) is -0.326. The zero-order valence-corrected chi connectivity index (χ0v) is 6.29. The van der Waals surface area contributed by atoms with Gasteiger partial charge in [-0.1, -0.05) is 13.8 Å². The molecule has 1 aliphatic rings. The Morgan fingerprint density at radius 2 is 2.20 bits per heavy atom. The zero-order chi connectivity index (χ0) is 7.94. The smallest absolute Gasteiger partial charge is 0.168 e. The molecule has 0 aromatic heterocycles. The third-order valence-corrected chi connectivity index (χ3v) is 1.94. The molecule has 0 aliphatic heterocycles. The minimum atomic E-state index is -1.17. The first kappa shape index (κ1) is 7.69. The molecule has 0 amide bonds. The van der Waals surface area contributed by atoms with Gasteiger partial charge in [-0.3, -0.25) is 4.79 Å². The minimum Gasteiger partial charge on any atom is -0.380 e. The lowest BCUT2D eigenvalue weighted by atomic mass is 10.0. The number of carbonyl (C=O) groups is 1. The SMILES string of the molecule is CC(C)C(=O)C1(O)CC1N. The van der Waals surface area contributed by atoms with Gasteiger partial charge in [-0.2, -0.15) is 0 Å². The number of aliphatic hydroxyl groups is 1. The lowest BCUT2D eigenvalue weighted by Crippen LogP contribution is -2.33. The van der Waals surface area contributed by atoms with E-state index >= 15 is 0 Å². The van der Waals surface area contributed by atoms with Crippen molar-refractivity contribution < 1.29 is 9.90 Å². The molecule has 2 unspecified atom stereocenters. The largest absolute Gasteiger partial charge is 0.380 e. The third-order valence-electron chi connectivity index (χ3n) is 1.94. The van der Waals surface area contributed by atoms with Gasteiger partial charge in [0.05, 0.1) is 0 Å². The molecule has 1 saturated carbocycles. The second-order valence-electron chi connectivity index (χ2n) is 3.25. The number of hydrogen-bond acceptors (Lipinski definition) is 3. The van der Waals surface area contributed by atoms with Gasteiger partial charge in [-0.05, 0) is 0 Å². The van der Waals surface area contributed by atoms with E-state index < -0.39 is 5.60 Å². The summed E-state index contributed by atoms with van der Waals surface area (Å²) in [6.07, 6.45) is 0.435. The maximum Gasteiger partial charge on any atom is 0.168 e. The molecule has 0 radical (unpaired) electrons. The van der Waals surface area contributed by atoms with Crippen molar-refractivity contribution in [3.8, 4) is 0 Å². The fraction of sp³-hybridized carbons (Fsp3) is 0.857. The molecule has 0 spiro atoms. The molecule has 1 aliphatic carbocycles. The average Bonchev–Trinajstić information content (AvgIpc) is 2.41. The van der Waals surface area contributed by atoms with Gasteiger partial charge in [-0.15, -0.1) is 0 Å². The van der Waals surface area contributed by atoms with Crippen LogP contribution in [0.1, 0.15) is 20.3 Å². The van der Waals surface area contributed by atoms with Gasteiger partial charge < -0.3 is 10.8 Å². The van der Waals surface area contributed by atoms with Crippen LogP contribution in [0.5, 0.6) is 0 Å². The fourth-order valence-corrected chi connectivity index (χ4v) is 1.06. The van der Waals surface area contributed by atoms with Crippen molar-refractivity contribution in [1.82, 2.24) is 0 Å². The molecule has 0 bridgehead atoms. The summed E-state index contributed by atoms with van der Waals surface area (Å²) in [4.78, 5) is 11.1. The van der Waals surface area contributed by atoms with Crippen LogP contribution < -0.4 is 5.73 Å². The Morgan fingerprint density at radius 3 is 2.30 bits per heavy atom. The molecular formula is C7H13NO2. The van der Waals surface area contributed by atoms with E-state index in [0.29, 0.717) is 6.42 Å². The van der Waals surface area contributed by atoms with Crippen LogP contribution in [0.25, 0.3) is 0 Å². The topological polar surface area (TPSA) is 63.3 Å². The van der Waals surface area contributed by atoms with Gasteiger partial charge >= 0.3 is 0 Å². The summed E-state index contributed by atoms with van der Waals surface area (Å²) < 4.78 is 0. The van der Waals surface area contributed by atoms with Crippen LogP contribution in [-0.4, -0.2) is 22.5 Å². The van der Waals surface area contributed by atoms with E-state index in [2.05, 4.69) is 0 Å². The van der Waals surface area contributed by atoms with Crippen LogP contribution in [0.4, 0.5) is 0 Å². The summed E-state index contributed by atoms with van der Waals surface area (Å²) in [6.45, 7) is 3.54. The lowest BCUT2D eigenvalue weighted by Gasteiger charge is -2.09. The molecule has 1 rings (SSSR count). The molecule has 0 saturated heterocycles. The van der Waals surface area contributed by atoms with Gasteiger partial charge in [0.25, 0.3) is 0 Å². The van der Waals surface area contributed by atoms with E-state index in [1.54, 1.807) is 13.8 Å². The van der Waals surface area contributed by atoms with Gasteiger partial charge in [0.15, 0.2) is 5.78 Å². The molecule has 58 valence electrons. The predicted molar refractivity (Wildman–Crippen MR) is 37.4 cm³/mol. The van der Waals surface area contributed by atoms with Crippen LogP contribution >= 0.6 is 0 Å². The highest BCUT2D eigenvalue weighted by molar-refractivity contribution is 5.92. The molecular weight excluding hydrogens is 130 g/mol. The van der Waals surface area contributed by atoms with Crippen LogP contribution in [0, 0.1) is 5.92 Å². The first-order valence-corrected chi connectivity index (χ1v) is 3.50. The molecule has 0 heterocycles. The Kier molecular flexibility index (Phi) is 1.57. The summed E-state index contributed by atoms with van der Waals surface area (Å²) in [5.74, 6) is -0.237. The molecule has 2 atom stereocenters. The highest BCUT2D eigenvalue weighted by Gasteiger charge is 2.56. The molecule has 0 aromatic rings. The molecule has 10 heavy (non-hydrogen) atoms. The number of rotatable bonds is 2. The lowest BCUT2D eigenvalue weighted by molar-refractivity contribution is -0.132. The first-order chi connectivity index (χ1) is 4.48. The Bertz CT molecular complexity index is 167. The van der Waals surface area contributed by atoms with E-state index in [1.165, 1.54) is 0 Å². The van der Waals surface area contributed by atoms with Gasteiger partial charge in [-0.25, -0.2) is 0 Å². The number of carbonyl (C=O) groups excluding carboxylic acids is 1. The highest BCUT2D eigenvalue weighted by atomic mass is 16.3. The van der Waals surface area contributed by atoms with Gasteiger partial charge in [0.2, 0.25) is 0 Å². The van der Waals surface area contributed by atoms with E-state index in [9.17, 15) is 9.90 Å². The summed E-state index contributed by atoms with van der Waals surface area (Å²) in [5, 5.41) is 9.36. The molecule has 0 aromatic carbocycles. The van der Waals surface area contributed by atoms with Crippen molar-refractivity contribution >= 4 is 5.78 Å². The van der Waals surface area contributed by atoms with E-state index in [1.807, 2.05) is 0 Å². The molecule has 1 fully saturated rings. The van der Waals surface area contributed by atoms with Crippen molar-refractivity contribution in [3.05, 3.63) is 0 Å². The Labute approximate surface area is 60.2 Å². The van der Waals surface area contributed by atoms with E-state index in [4.69, 9.17) is 5.73 Å². The first-order valence-electron chi connectivity index (χ1n) is 3.50. The minimum absolute atomic E-state index is 0.112. The molecule has 3 nitrogen and oxygen atoms in total. The monoisotopic (exact) mass is 143 g/mol. The number of nitrogens with two attached hydrogens (primary N) is 1. The van der Waals surface area contributed by atoms with E-state index in [-0.39, 0.29) is 17.7 Å². The van der Waals surface area contributed by atoms with Crippen LogP contribution in [-0.2, 0) is 4.79 Å². The van der Waals surface area contributed by atoms with E-state index in [0.717, 1.165) is 0 Å². The quantitative estimate of drug-likeness (QED) is 0.556. The summed E-state index contributed by atoms with van der Waals surface area (Å²) in [6, 6.07) is -0.317. The number of hydrogen-bond donors (Lipinski definition) is 2. The third kappa shape index (κ3) is 0.954. The summed E-state index contributed by atoms with van der Waals surface area (Å²) >= 11 is 0. The maximum atomic E-state index is 11.1. The Hall–Kier alpha value is -0.410. The second-order valence-corrected chi connectivity index (χ2v) is 3.25. The van der Waals surface area contributed by atoms with Crippen molar-refractivity contribution in [2.24, 2.45) is 11.7 Å². The average molecular weight is 143 g/mol. The normalized spacial score (nSPS) is 38.3. The standard InChI is InChI=1S/C7H13NO2/c1-4(2)6(9)7(10)3-5(7)8/h4-5,10H,3,8H2,1-2H3. The van der Waals surface area contributed by atoms with Crippen molar-refractivity contribution in [2.75, 3.05) is 0 Å². The zero-order valence-electron chi connectivity index (χ0n) is 6.29. The summed E-state index contributed by atoms with van der Waals surface area (Å²) in [5.41, 5.74) is 4.20. The summed E-state index contributed by atoms with van der Waals surface area (Å²) in [7, 11) is 0. The number of Topliss-reactive ketones (excluding diaryl/α,β-unsaturated/α-hetero) is 1. The van der Waals surface area contributed by atoms with Crippen LogP contribution in [0.3, 0.4) is 0 Å². The van der Waals surface area contributed by atoms with Crippen LogP contribution in [0.2, 0.25) is 0 Å². The maximum absolute atomic E-state index is 11.1. The molecule has 3 heteroatoms. The van der Waals surface area contributed by atoms with Crippen molar-refractivity contribution in [1.29, 1.82) is 0 Å². The van der Waals surface area contributed by atoms with Gasteiger partial charge in [0, 0.05) is 18.4 Å². The van der Waals surface area contributed by atoms with Crippen molar-refractivity contribution in [3.63, 3.8) is 0 Å². The molecule has 3 N–H and O–H groups in total.